The Morgan fingerprint density at radius 3 is 3.10 bits per heavy atom. The fourth-order valence-electron chi connectivity index (χ4n) is 2.75. The summed E-state index contributed by atoms with van der Waals surface area (Å²) in [6, 6.07) is 5.65. The number of rotatable bonds is 3. The number of nitrogens with two attached hydrogens (primary N) is 1. The van der Waals surface area contributed by atoms with Crippen molar-refractivity contribution in [2.45, 2.75) is 12.8 Å². The smallest absolute Gasteiger partial charge is 0.246 e. The van der Waals surface area contributed by atoms with Crippen molar-refractivity contribution in [3.63, 3.8) is 0 Å². The summed E-state index contributed by atoms with van der Waals surface area (Å²) in [5.74, 6) is 1.96. The first-order chi connectivity index (χ1) is 10.3. The maximum atomic E-state index is 12.2. The van der Waals surface area contributed by atoms with Crippen LogP contribution in [-0.4, -0.2) is 37.2 Å². The topological polar surface area (TPSA) is 64.8 Å². The van der Waals surface area contributed by atoms with Crippen molar-refractivity contribution in [3.8, 4) is 11.5 Å². The zero-order valence-electron chi connectivity index (χ0n) is 12.0. The molecule has 3 rings (SSSR count). The SMILES string of the molecule is NCC1CCCN(C(=O)C=Cc2ccc3c(c2)OCO3)C1. The van der Waals surface area contributed by atoms with Crippen molar-refractivity contribution < 1.29 is 14.3 Å². The number of hydrogen-bond donors (Lipinski definition) is 1. The number of carbonyl (C=O) groups is 1. The number of amides is 1. The van der Waals surface area contributed by atoms with Crippen LogP contribution in [-0.2, 0) is 4.79 Å². The van der Waals surface area contributed by atoms with Gasteiger partial charge in [0.15, 0.2) is 11.5 Å². The summed E-state index contributed by atoms with van der Waals surface area (Å²) in [6.07, 6.45) is 5.59. The molecule has 1 aromatic carbocycles. The normalized spacial score (nSPS) is 21.0. The van der Waals surface area contributed by atoms with Crippen LogP contribution in [0.3, 0.4) is 0 Å². The van der Waals surface area contributed by atoms with E-state index in [9.17, 15) is 4.79 Å². The van der Waals surface area contributed by atoms with Gasteiger partial charge >= 0.3 is 0 Å². The Bertz CT molecular complexity index is 556. The molecule has 1 aromatic rings. The number of piperidine rings is 1. The summed E-state index contributed by atoms with van der Waals surface area (Å²) in [5, 5.41) is 0. The molecule has 1 fully saturated rings. The standard InChI is InChI=1S/C16H20N2O3/c17-9-13-2-1-7-18(10-13)16(19)6-4-12-3-5-14-15(8-12)21-11-20-14/h3-6,8,13H,1-2,7,9-11,17H2. The van der Waals surface area contributed by atoms with Gasteiger partial charge in [-0.3, -0.25) is 4.79 Å². The minimum Gasteiger partial charge on any atom is -0.454 e. The minimum absolute atomic E-state index is 0.0471. The highest BCUT2D eigenvalue weighted by Gasteiger charge is 2.21. The predicted molar refractivity (Wildman–Crippen MR) is 80.0 cm³/mol. The molecule has 2 aliphatic heterocycles. The molecule has 0 aliphatic carbocycles. The van der Waals surface area contributed by atoms with Crippen LogP contribution in [0.1, 0.15) is 18.4 Å². The van der Waals surface area contributed by atoms with Gasteiger partial charge in [-0.1, -0.05) is 6.07 Å². The maximum Gasteiger partial charge on any atom is 0.246 e. The number of carbonyl (C=O) groups excluding carboxylic acids is 1. The lowest BCUT2D eigenvalue weighted by Crippen LogP contribution is -2.41. The molecule has 2 aliphatic rings. The third-order valence-corrected chi connectivity index (χ3v) is 3.98. The van der Waals surface area contributed by atoms with Crippen LogP contribution in [0.2, 0.25) is 0 Å². The first kappa shape index (κ1) is 13.9. The molecule has 2 heterocycles. The number of fused-ring (bicyclic) bond motifs is 1. The largest absolute Gasteiger partial charge is 0.454 e. The third kappa shape index (κ3) is 3.19. The van der Waals surface area contributed by atoms with Gasteiger partial charge in [0.25, 0.3) is 0 Å². The van der Waals surface area contributed by atoms with Crippen molar-refractivity contribution in [2.75, 3.05) is 26.4 Å². The molecule has 2 N–H and O–H groups in total. The van der Waals surface area contributed by atoms with Crippen LogP contribution in [0.25, 0.3) is 6.08 Å². The molecule has 0 aromatic heterocycles. The lowest BCUT2D eigenvalue weighted by atomic mass is 9.98. The number of hydrogen-bond acceptors (Lipinski definition) is 4. The van der Waals surface area contributed by atoms with Crippen LogP contribution >= 0.6 is 0 Å². The van der Waals surface area contributed by atoms with E-state index in [0.717, 1.165) is 43.0 Å². The summed E-state index contributed by atoms with van der Waals surface area (Å²) in [5.41, 5.74) is 6.63. The van der Waals surface area contributed by atoms with Gasteiger partial charge in [-0.2, -0.15) is 0 Å². The van der Waals surface area contributed by atoms with Gasteiger partial charge in [-0.25, -0.2) is 0 Å². The molecule has 21 heavy (non-hydrogen) atoms. The molecular formula is C16H20N2O3. The zero-order valence-corrected chi connectivity index (χ0v) is 12.0. The van der Waals surface area contributed by atoms with Crippen molar-refractivity contribution in [1.29, 1.82) is 0 Å². The number of nitrogens with zero attached hydrogens (tertiary/aromatic N) is 1. The molecule has 5 heteroatoms. The monoisotopic (exact) mass is 288 g/mol. The van der Waals surface area contributed by atoms with Crippen molar-refractivity contribution in [2.24, 2.45) is 11.7 Å². The summed E-state index contributed by atoms with van der Waals surface area (Å²) in [4.78, 5) is 14.1. The van der Waals surface area contributed by atoms with Gasteiger partial charge in [0.1, 0.15) is 0 Å². The summed E-state index contributed by atoms with van der Waals surface area (Å²) in [6.45, 7) is 2.49. The first-order valence-corrected chi connectivity index (χ1v) is 7.33. The second-order valence-corrected chi connectivity index (χ2v) is 5.47. The quantitative estimate of drug-likeness (QED) is 0.859. The van der Waals surface area contributed by atoms with Gasteiger partial charge < -0.3 is 20.1 Å². The van der Waals surface area contributed by atoms with E-state index in [1.165, 1.54) is 0 Å². The van der Waals surface area contributed by atoms with Crippen LogP contribution in [0, 0.1) is 5.92 Å². The molecule has 1 amide bonds. The first-order valence-electron chi connectivity index (χ1n) is 7.33. The van der Waals surface area contributed by atoms with E-state index in [1.54, 1.807) is 6.08 Å². The molecular weight excluding hydrogens is 268 g/mol. The molecule has 0 radical (unpaired) electrons. The summed E-state index contributed by atoms with van der Waals surface area (Å²) >= 11 is 0. The summed E-state index contributed by atoms with van der Waals surface area (Å²) in [7, 11) is 0. The van der Waals surface area contributed by atoms with E-state index in [2.05, 4.69) is 0 Å². The number of likely N-dealkylation sites (tertiary alicyclic amines) is 1. The van der Waals surface area contributed by atoms with Crippen LogP contribution < -0.4 is 15.2 Å². The highest BCUT2D eigenvalue weighted by molar-refractivity contribution is 5.92. The van der Waals surface area contributed by atoms with Crippen LogP contribution in [0.15, 0.2) is 24.3 Å². The number of ether oxygens (including phenoxy) is 2. The Balaban J connectivity index is 1.64. The Hall–Kier alpha value is -2.01. The lowest BCUT2D eigenvalue weighted by Gasteiger charge is -2.31. The van der Waals surface area contributed by atoms with E-state index < -0.39 is 0 Å². The highest BCUT2D eigenvalue weighted by Crippen LogP contribution is 2.32. The Kier molecular flexibility index (Phi) is 4.10. The molecule has 5 nitrogen and oxygen atoms in total. The second kappa shape index (κ2) is 6.18. The predicted octanol–water partition coefficient (Wildman–Crippen LogP) is 1.63. The minimum atomic E-state index is 0.0471. The van der Waals surface area contributed by atoms with Gasteiger partial charge in [-0.05, 0) is 49.1 Å². The Labute approximate surface area is 124 Å². The van der Waals surface area contributed by atoms with Crippen LogP contribution in [0.5, 0.6) is 11.5 Å². The van der Waals surface area contributed by atoms with Gasteiger partial charge in [-0.15, -0.1) is 0 Å². The Morgan fingerprint density at radius 2 is 2.24 bits per heavy atom. The maximum absolute atomic E-state index is 12.2. The average molecular weight is 288 g/mol. The van der Waals surface area contributed by atoms with E-state index in [-0.39, 0.29) is 12.7 Å². The van der Waals surface area contributed by atoms with Gasteiger partial charge in [0.2, 0.25) is 12.7 Å². The van der Waals surface area contributed by atoms with Gasteiger partial charge in [0.05, 0.1) is 0 Å². The van der Waals surface area contributed by atoms with Crippen molar-refractivity contribution in [1.82, 2.24) is 4.90 Å². The van der Waals surface area contributed by atoms with Crippen molar-refractivity contribution >= 4 is 12.0 Å². The van der Waals surface area contributed by atoms with E-state index in [4.69, 9.17) is 15.2 Å². The molecule has 1 atom stereocenters. The summed E-state index contributed by atoms with van der Waals surface area (Å²) < 4.78 is 10.6. The molecule has 0 spiro atoms. The number of benzene rings is 1. The van der Waals surface area contributed by atoms with E-state index in [0.29, 0.717) is 12.5 Å². The molecule has 0 saturated carbocycles. The van der Waals surface area contributed by atoms with Crippen LogP contribution in [0.4, 0.5) is 0 Å². The Morgan fingerprint density at radius 1 is 1.38 bits per heavy atom. The lowest BCUT2D eigenvalue weighted by molar-refractivity contribution is -0.127. The fourth-order valence-corrected chi connectivity index (χ4v) is 2.75. The van der Waals surface area contributed by atoms with Gasteiger partial charge in [0, 0.05) is 19.2 Å². The van der Waals surface area contributed by atoms with E-state index in [1.807, 2.05) is 29.2 Å². The molecule has 0 bridgehead atoms. The van der Waals surface area contributed by atoms with E-state index >= 15 is 0 Å². The molecule has 112 valence electrons. The zero-order chi connectivity index (χ0) is 14.7. The molecule has 1 unspecified atom stereocenters. The molecule has 1 saturated heterocycles. The second-order valence-electron chi connectivity index (χ2n) is 5.47. The average Bonchev–Trinajstić information content (AvgIpc) is 3.00. The third-order valence-electron chi connectivity index (χ3n) is 3.98. The highest BCUT2D eigenvalue weighted by atomic mass is 16.7. The fraction of sp³-hybridized carbons (Fsp3) is 0.438. The van der Waals surface area contributed by atoms with Crippen molar-refractivity contribution in [3.05, 3.63) is 29.8 Å².